The van der Waals surface area contributed by atoms with Crippen molar-refractivity contribution < 1.29 is 23.4 Å². The van der Waals surface area contributed by atoms with E-state index in [1.54, 1.807) is 27.8 Å². The lowest BCUT2D eigenvalue weighted by molar-refractivity contribution is 0.0297. The number of halogens is 2. The van der Waals surface area contributed by atoms with Crippen LogP contribution in [0.2, 0.25) is 0 Å². The number of ether oxygens (including phenoxy) is 1. The Hall–Kier alpha value is -1.89. The lowest BCUT2D eigenvalue weighted by atomic mass is 10.2. The minimum Gasteiger partial charge on any atom is -0.503 e. The summed E-state index contributed by atoms with van der Waals surface area (Å²) in [5.74, 6) is -2.93. The highest BCUT2D eigenvalue weighted by Gasteiger charge is 2.19. The van der Waals surface area contributed by atoms with E-state index in [4.69, 9.17) is 9.84 Å². The Morgan fingerprint density at radius 1 is 1.30 bits per heavy atom. The summed E-state index contributed by atoms with van der Waals surface area (Å²) < 4.78 is 31.6. The number of nitrogens with zero attached hydrogens (tertiary/aromatic N) is 1. The van der Waals surface area contributed by atoms with Gasteiger partial charge in [0.15, 0.2) is 17.4 Å². The summed E-state index contributed by atoms with van der Waals surface area (Å²) in [4.78, 5) is 13.2. The molecule has 2 N–H and O–H groups in total. The Morgan fingerprint density at radius 2 is 1.87 bits per heavy atom. The van der Waals surface area contributed by atoms with Gasteiger partial charge in [0, 0.05) is 20.1 Å². The lowest BCUT2D eigenvalue weighted by Gasteiger charge is -2.24. The van der Waals surface area contributed by atoms with Crippen LogP contribution in [0.5, 0.6) is 5.75 Å². The van der Waals surface area contributed by atoms with Crippen LogP contribution in [0.3, 0.4) is 0 Å². The van der Waals surface area contributed by atoms with Crippen LogP contribution in [0.1, 0.15) is 32.8 Å². The first-order chi connectivity index (χ1) is 10.6. The molecule has 0 aliphatic carbocycles. The van der Waals surface area contributed by atoms with Crippen molar-refractivity contribution in [2.24, 2.45) is 0 Å². The lowest BCUT2D eigenvalue weighted by Crippen LogP contribution is -2.35. The summed E-state index contributed by atoms with van der Waals surface area (Å²) in [6, 6.07) is 2.16. The van der Waals surface area contributed by atoms with E-state index < -0.39 is 23.0 Å². The van der Waals surface area contributed by atoms with Gasteiger partial charge in [0.05, 0.1) is 0 Å². The number of aromatic hydroxyl groups is 1. The number of carbonyl (C=O) groups excluding carboxylic acids is 1. The Kier molecular flexibility index (Phi) is 6.75. The largest absolute Gasteiger partial charge is 0.503 e. The summed E-state index contributed by atoms with van der Waals surface area (Å²) in [6.07, 6.45) is 0.277. The van der Waals surface area contributed by atoms with Gasteiger partial charge in [-0.15, -0.1) is 0 Å². The number of rotatable bonds is 6. The third-order valence-corrected chi connectivity index (χ3v) is 2.96. The topological polar surface area (TPSA) is 61.8 Å². The van der Waals surface area contributed by atoms with Gasteiger partial charge in [-0.2, -0.15) is 0 Å². The van der Waals surface area contributed by atoms with Crippen molar-refractivity contribution in [2.45, 2.75) is 39.3 Å². The van der Waals surface area contributed by atoms with E-state index in [-0.39, 0.29) is 12.6 Å². The first-order valence-electron chi connectivity index (χ1n) is 7.42. The summed E-state index contributed by atoms with van der Waals surface area (Å²) in [5.41, 5.74) is -0.130. The maximum absolute atomic E-state index is 13.2. The maximum Gasteiger partial charge on any atom is 0.410 e. The van der Waals surface area contributed by atoms with E-state index in [0.717, 1.165) is 12.1 Å². The Balaban J connectivity index is 2.29. The molecule has 0 saturated heterocycles. The number of carbonyl (C=O) groups is 1. The van der Waals surface area contributed by atoms with Gasteiger partial charge in [-0.05, 0) is 51.4 Å². The van der Waals surface area contributed by atoms with E-state index in [1.165, 1.54) is 4.90 Å². The predicted octanol–water partition coefficient (Wildman–Crippen LogP) is 3.02. The van der Waals surface area contributed by atoms with Crippen LogP contribution >= 0.6 is 0 Å². The van der Waals surface area contributed by atoms with Crippen LogP contribution in [-0.2, 0) is 11.3 Å². The standard InChI is InChI=1S/C16H24F2N2O3/c1-16(2,3)23-15(22)20(4)7-5-6-19-10-11-8-12(17)14(21)13(18)9-11/h8-9,19,21H,5-7,10H2,1-4H3. The Bertz CT molecular complexity index is 522. The van der Waals surface area contributed by atoms with Crippen molar-refractivity contribution in [3.8, 4) is 5.75 Å². The van der Waals surface area contributed by atoms with Gasteiger partial charge in [0.2, 0.25) is 0 Å². The highest BCUT2D eigenvalue weighted by molar-refractivity contribution is 5.67. The summed E-state index contributed by atoms with van der Waals surface area (Å²) in [7, 11) is 1.65. The molecule has 0 spiro atoms. The van der Waals surface area contributed by atoms with Crippen LogP contribution < -0.4 is 5.32 Å². The predicted molar refractivity (Wildman–Crippen MR) is 83.2 cm³/mol. The molecule has 0 saturated carbocycles. The highest BCUT2D eigenvalue weighted by Crippen LogP contribution is 2.21. The van der Waals surface area contributed by atoms with E-state index in [9.17, 15) is 13.6 Å². The first-order valence-corrected chi connectivity index (χ1v) is 7.42. The van der Waals surface area contributed by atoms with E-state index in [2.05, 4.69) is 5.32 Å². The Labute approximate surface area is 135 Å². The molecule has 0 atom stereocenters. The van der Waals surface area contributed by atoms with Gasteiger partial charge in [-0.1, -0.05) is 0 Å². The average molecular weight is 330 g/mol. The molecule has 1 rings (SSSR count). The number of benzene rings is 1. The van der Waals surface area contributed by atoms with E-state index >= 15 is 0 Å². The molecular formula is C16H24F2N2O3. The van der Waals surface area contributed by atoms with Crippen molar-refractivity contribution in [3.05, 3.63) is 29.3 Å². The molecule has 0 heterocycles. The zero-order chi connectivity index (χ0) is 17.6. The van der Waals surface area contributed by atoms with Crippen LogP contribution in [0.25, 0.3) is 0 Å². The molecule has 0 radical (unpaired) electrons. The average Bonchev–Trinajstić information content (AvgIpc) is 2.42. The number of hydrogen-bond acceptors (Lipinski definition) is 4. The summed E-state index contributed by atoms with van der Waals surface area (Å²) >= 11 is 0. The fourth-order valence-electron chi connectivity index (χ4n) is 1.83. The second kappa shape index (κ2) is 8.10. The molecule has 0 aliphatic rings. The van der Waals surface area contributed by atoms with Gasteiger partial charge in [0.1, 0.15) is 5.60 Å². The number of amides is 1. The number of phenols is 1. The number of hydrogen-bond donors (Lipinski definition) is 2. The minimum absolute atomic E-state index is 0.268. The van der Waals surface area contributed by atoms with E-state index in [0.29, 0.717) is 25.1 Å². The third-order valence-electron chi connectivity index (χ3n) is 2.96. The van der Waals surface area contributed by atoms with Crippen LogP contribution in [0.15, 0.2) is 12.1 Å². The molecule has 1 aromatic carbocycles. The van der Waals surface area contributed by atoms with Gasteiger partial charge in [-0.25, -0.2) is 13.6 Å². The van der Waals surface area contributed by atoms with Gasteiger partial charge in [0.25, 0.3) is 0 Å². The SMILES string of the molecule is CN(CCCNCc1cc(F)c(O)c(F)c1)C(=O)OC(C)(C)C. The molecule has 0 unspecified atom stereocenters. The van der Waals surface area contributed by atoms with Gasteiger partial charge >= 0.3 is 6.09 Å². The monoisotopic (exact) mass is 330 g/mol. The van der Waals surface area contributed by atoms with Crippen LogP contribution in [0.4, 0.5) is 13.6 Å². The quantitative estimate of drug-likeness (QED) is 0.787. The van der Waals surface area contributed by atoms with Gasteiger partial charge < -0.3 is 20.1 Å². The molecule has 23 heavy (non-hydrogen) atoms. The van der Waals surface area contributed by atoms with Crippen molar-refractivity contribution in [2.75, 3.05) is 20.1 Å². The molecule has 0 aliphatic heterocycles. The Morgan fingerprint density at radius 3 is 2.39 bits per heavy atom. The highest BCUT2D eigenvalue weighted by atomic mass is 19.1. The smallest absolute Gasteiger partial charge is 0.410 e. The minimum atomic E-state index is -0.980. The fourth-order valence-corrected chi connectivity index (χ4v) is 1.83. The van der Waals surface area contributed by atoms with Crippen molar-refractivity contribution in [1.29, 1.82) is 0 Å². The normalized spacial score (nSPS) is 11.4. The zero-order valence-corrected chi connectivity index (χ0v) is 13.9. The summed E-state index contributed by atoms with van der Waals surface area (Å²) in [6.45, 7) is 6.74. The molecule has 0 aromatic heterocycles. The van der Waals surface area contributed by atoms with E-state index in [1.807, 2.05) is 0 Å². The van der Waals surface area contributed by atoms with Crippen molar-refractivity contribution in [3.63, 3.8) is 0 Å². The molecule has 0 fully saturated rings. The maximum atomic E-state index is 13.2. The first kappa shape index (κ1) is 19.2. The molecule has 5 nitrogen and oxygen atoms in total. The van der Waals surface area contributed by atoms with Crippen LogP contribution in [0, 0.1) is 11.6 Å². The van der Waals surface area contributed by atoms with Crippen LogP contribution in [-0.4, -0.2) is 41.8 Å². The van der Waals surface area contributed by atoms with Crippen molar-refractivity contribution in [1.82, 2.24) is 10.2 Å². The molecular weight excluding hydrogens is 306 g/mol. The molecule has 1 amide bonds. The number of nitrogens with one attached hydrogen (secondary N) is 1. The second-order valence-electron chi connectivity index (χ2n) is 6.34. The molecule has 130 valence electrons. The van der Waals surface area contributed by atoms with Gasteiger partial charge in [-0.3, -0.25) is 0 Å². The second-order valence-corrected chi connectivity index (χ2v) is 6.34. The molecule has 1 aromatic rings. The summed E-state index contributed by atoms with van der Waals surface area (Å²) in [5, 5.41) is 12.0. The zero-order valence-electron chi connectivity index (χ0n) is 13.9. The number of phenolic OH excluding ortho intramolecular Hbond substituents is 1. The molecule has 7 heteroatoms. The third kappa shape index (κ3) is 6.81. The van der Waals surface area contributed by atoms with Crippen molar-refractivity contribution >= 4 is 6.09 Å². The molecule has 0 bridgehead atoms. The fraction of sp³-hybridized carbons (Fsp3) is 0.562.